The molecule has 5 atom stereocenters. The van der Waals surface area contributed by atoms with Crippen LogP contribution < -0.4 is 29.6 Å². The van der Waals surface area contributed by atoms with Crippen LogP contribution in [-0.2, 0) is 9.47 Å². The Balaban J connectivity index is 0. The summed E-state index contributed by atoms with van der Waals surface area (Å²) in [5.74, 6) is 0. The van der Waals surface area contributed by atoms with E-state index in [0.717, 1.165) is 25.7 Å². The van der Waals surface area contributed by atoms with Gasteiger partial charge >= 0.3 is 29.6 Å². The predicted molar refractivity (Wildman–Crippen MR) is 65.0 cm³/mol. The molecule has 1 aliphatic rings. The summed E-state index contributed by atoms with van der Waals surface area (Å²) in [6.45, 7) is 2.02. The van der Waals surface area contributed by atoms with E-state index < -0.39 is 37.3 Å². The van der Waals surface area contributed by atoms with E-state index in [9.17, 15) is 15.3 Å². The number of ether oxygens (including phenoxy) is 2. The molecule has 0 spiro atoms. The minimum absolute atomic E-state index is 0. The quantitative estimate of drug-likeness (QED) is 0.273. The molecule has 0 aliphatic carbocycles. The summed E-state index contributed by atoms with van der Waals surface area (Å²) in [5, 5.41) is 37.5. The molecule has 1 fully saturated rings. The van der Waals surface area contributed by atoms with Crippen LogP contribution in [0.2, 0.25) is 0 Å². The first kappa shape index (κ1) is 19.8. The molecule has 0 bridgehead atoms. The zero-order valence-corrected chi connectivity index (χ0v) is 13.7. The Kier molecular flexibility index (Phi) is 10.9. The Bertz CT molecular complexity index is 236. The molecule has 0 amide bonds. The Morgan fingerprint density at radius 2 is 1.89 bits per heavy atom. The van der Waals surface area contributed by atoms with Crippen LogP contribution in [0.5, 0.6) is 0 Å². The third-order valence-electron chi connectivity index (χ3n) is 3.10. The largest absolute Gasteiger partial charge is 1.00 e. The van der Waals surface area contributed by atoms with E-state index in [-0.39, 0.29) is 31.0 Å². The van der Waals surface area contributed by atoms with Crippen LogP contribution in [0.3, 0.4) is 0 Å². The second kappa shape index (κ2) is 10.5. The number of hydrogen-bond acceptors (Lipinski definition) is 6. The first-order valence-electron chi connectivity index (χ1n) is 6.54. The van der Waals surface area contributed by atoms with E-state index in [4.69, 9.17) is 14.6 Å². The molecule has 1 saturated heterocycles. The summed E-state index contributed by atoms with van der Waals surface area (Å²) in [6, 6.07) is 0. The summed E-state index contributed by atoms with van der Waals surface area (Å²) in [7, 11) is 0. The maximum Gasteiger partial charge on any atom is 1.00 e. The maximum absolute atomic E-state index is 9.68. The number of aliphatic hydroxyl groups excluding tert-OH is 4. The molecule has 7 heteroatoms. The number of hydrogen-bond donors (Lipinski definition) is 4. The van der Waals surface area contributed by atoms with Crippen LogP contribution >= 0.6 is 0 Å². The second-order valence-corrected chi connectivity index (χ2v) is 4.63. The molecule has 0 radical (unpaired) electrons. The van der Waals surface area contributed by atoms with Gasteiger partial charge in [0, 0.05) is 6.61 Å². The average molecular weight is 288 g/mol. The van der Waals surface area contributed by atoms with Crippen LogP contribution in [0, 0.1) is 0 Å². The molecular weight excluding hydrogens is 263 g/mol. The minimum Gasteiger partial charge on any atom is -1.00 e. The standard InChI is InChI=1S/C12H24O6.Na.H/c1-2-3-4-5-6-17-12-10(16)9(15)11(18-12)8(14)7-13;;/h8-16H,2-7H2,1H3;;/q;+1;-1/t8-,9+,10+,11-,12-;;/m0../s1. The van der Waals surface area contributed by atoms with Crippen LogP contribution in [-0.4, -0.2) is 64.3 Å². The van der Waals surface area contributed by atoms with Crippen LogP contribution in [0.1, 0.15) is 34.0 Å². The van der Waals surface area contributed by atoms with Gasteiger partial charge in [-0.1, -0.05) is 26.2 Å². The number of unbranched alkanes of at least 4 members (excludes halogenated alkanes) is 3. The molecule has 1 aliphatic heterocycles. The summed E-state index contributed by atoms with van der Waals surface area (Å²) < 4.78 is 10.5. The summed E-state index contributed by atoms with van der Waals surface area (Å²) in [4.78, 5) is 0. The number of rotatable bonds is 8. The maximum atomic E-state index is 9.68. The van der Waals surface area contributed by atoms with Gasteiger partial charge in [0.2, 0.25) is 0 Å². The smallest absolute Gasteiger partial charge is 1.00 e. The van der Waals surface area contributed by atoms with Crippen molar-refractivity contribution in [3.63, 3.8) is 0 Å². The third kappa shape index (κ3) is 5.95. The van der Waals surface area contributed by atoms with Gasteiger partial charge in [0.05, 0.1) is 6.61 Å². The fourth-order valence-corrected chi connectivity index (χ4v) is 1.96. The van der Waals surface area contributed by atoms with Crippen molar-refractivity contribution >= 4 is 0 Å². The second-order valence-electron chi connectivity index (χ2n) is 4.63. The van der Waals surface area contributed by atoms with E-state index in [1.807, 2.05) is 0 Å². The Morgan fingerprint density at radius 1 is 1.21 bits per heavy atom. The molecule has 110 valence electrons. The van der Waals surface area contributed by atoms with Crippen molar-refractivity contribution < 1.29 is 60.9 Å². The fraction of sp³-hybridized carbons (Fsp3) is 1.00. The van der Waals surface area contributed by atoms with E-state index in [2.05, 4.69) is 6.92 Å². The van der Waals surface area contributed by atoms with Gasteiger partial charge < -0.3 is 31.3 Å². The molecule has 4 N–H and O–H groups in total. The monoisotopic (exact) mass is 288 g/mol. The molecule has 0 aromatic rings. The zero-order valence-electron chi connectivity index (χ0n) is 12.7. The van der Waals surface area contributed by atoms with Gasteiger partial charge in [-0.2, -0.15) is 0 Å². The van der Waals surface area contributed by atoms with Gasteiger partial charge in [0.15, 0.2) is 6.29 Å². The topological polar surface area (TPSA) is 99.4 Å². The minimum atomic E-state index is -1.24. The van der Waals surface area contributed by atoms with Crippen molar-refractivity contribution in [3.8, 4) is 0 Å². The molecule has 1 heterocycles. The van der Waals surface area contributed by atoms with Crippen LogP contribution in [0.4, 0.5) is 0 Å². The van der Waals surface area contributed by atoms with E-state index >= 15 is 0 Å². The predicted octanol–water partition coefficient (Wildman–Crippen LogP) is -3.50. The Labute approximate surface area is 137 Å². The van der Waals surface area contributed by atoms with E-state index in [1.54, 1.807) is 0 Å². The molecule has 0 saturated carbocycles. The Hall–Kier alpha value is 0.760. The molecule has 0 aromatic heterocycles. The number of aliphatic hydroxyl groups is 4. The van der Waals surface area contributed by atoms with Crippen LogP contribution in [0.15, 0.2) is 0 Å². The molecule has 0 unspecified atom stereocenters. The van der Waals surface area contributed by atoms with E-state index in [0.29, 0.717) is 6.61 Å². The van der Waals surface area contributed by atoms with Crippen molar-refractivity contribution in [1.29, 1.82) is 0 Å². The van der Waals surface area contributed by atoms with Gasteiger partial charge in [-0.3, -0.25) is 0 Å². The SMILES string of the molecule is CCCCCCO[C@H]1O[C@@H]([C@@H](O)CO)[C@H](O)[C@H]1O.[H-].[Na+]. The molecule has 6 nitrogen and oxygen atoms in total. The van der Waals surface area contributed by atoms with Gasteiger partial charge in [0.25, 0.3) is 0 Å². The van der Waals surface area contributed by atoms with Gasteiger partial charge in [-0.25, -0.2) is 0 Å². The first-order chi connectivity index (χ1) is 8.61. The molecule has 0 aromatic carbocycles. The van der Waals surface area contributed by atoms with Crippen molar-refractivity contribution in [2.75, 3.05) is 13.2 Å². The summed E-state index contributed by atoms with van der Waals surface area (Å²) >= 11 is 0. The molecular formula is C12H25NaO6. The third-order valence-corrected chi connectivity index (χ3v) is 3.10. The van der Waals surface area contributed by atoms with Crippen molar-refractivity contribution in [1.82, 2.24) is 0 Å². The van der Waals surface area contributed by atoms with E-state index in [1.165, 1.54) is 0 Å². The Morgan fingerprint density at radius 3 is 2.47 bits per heavy atom. The molecule has 19 heavy (non-hydrogen) atoms. The van der Waals surface area contributed by atoms with Crippen molar-refractivity contribution in [2.45, 2.75) is 63.3 Å². The van der Waals surface area contributed by atoms with Gasteiger partial charge in [-0.05, 0) is 6.42 Å². The molecule has 1 rings (SSSR count). The first-order valence-corrected chi connectivity index (χ1v) is 6.54. The summed E-state index contributed by atoms with van der Waals surface area (Å²) in [5.41, 5.74) is 0. The van der Waals surface area contributed by atoms with Crippen molar-refractivity contribution in [3.05, 3.63) is 0 Å². The zero-order chi connectivity index (χ0) is 13.5. The average Bonchev–Trinajstić information content (AvgIpc) is 2.66. The van der Waals surface area contributed by atoms with Gasteiger partial charge in [-0.15, -0.1) is 0 Å². The van der Waals surface area contributed by atoms with Crippen molar-refractivity contribution in [2.24, 2.45) is 0 Å². The fourth-order valence-electron chi connectivity index (χ4n) is 1.96. The van der Waals surface area contributed by atoms with Gasteiger partial charge in [0.1, 0.15) is 24.4 Å². The normalized spacial score (nSPS) is 32.1. The van der Waals surface area contributed by atoms with Crippen LogP contribution in [0.25, 0.3) is 0 Å². The summed E-state index contributed by atoms with van der Waals surface area (Å²) in [6.07, 6.45) is -1.43.